The third kappa shape index (κ3) is 22.7. The summed E-state index contributed by atoms with van der Waals surface area (Å²) in [6.07, 6.45) is 3.98. The summed E-state index contributed by atoms with van der Waals surface area (Å²) in [5, 5.41) is 72.3. The number of aromatic amines is 5. The minimum absolute atomic E-state index is 0.0397. The molecule has 0 bridgehead atoms. The van der Waals surface area contributed by atoms with Crippen LogP contribution in [-0.4, -0.2) is 202 Å². The van der Waals surface area contributed by atoms with E-state index < -0.39 is 47.2 Å². The maximum absolute atomic E-state index is 12.9. The molecule has 16 rings (SSSR count). The van der Waals surface area contributed by atoms with Crippen molar-refractivity contribution in [1.29, 1.82) is 0 Å². The summed E-state index contributed by atoms with van der Waals surface area (Å²) < 4.78 is 21.3. The van der Waals surface area contributed by atoms with Crippen LogP contribution in [0.5, 0.6) is 0 Å². The largest absolute Gasteiger partial charge is 0.444 e. The number of Topliss-reactive ketones (excluding diaryl/α,β-unsaturated/α-hetero) is 2. The molecular weight excluding hydrogens is 1520 g/mol. The summed E-state index contributed by atoms with van der Waals surface area (Å²) in [5.41, 5.74) is 17.3. The maximum atomic E-state index is 12.9. The number of fused-ring (bicyclic) bond motifs is 5. The average molecular weight is 1630 g/mol. The fourth-order valence-corrected chi connectivity index (χ4v) is 14.7. The van der Waals surface area contributed by atoms with Crippen LogP contribution in [0, 0.1) is 6.92 Å². The van der Waals surface area contributed by atoms with E-state index in [0.29, 0.717) is 62.6 Å². The van der Waals surface area contributed by atoms with Crippen molar-refractivity contribution >= 4 is 53.2 Å². The topological polar surface area (TPSA) is 380 Å². The molecule has 5 atom stereocenters. The number of carbonyl (C=O) groups excluding carboxylic acids is 6. The van der Waals surface area contributed by atoms with E-state index in [2.05, 4.69) is 73.8 Å². The zero-order valence-electron chi connectivity index (χ0n) is 69.1. The van der Waals surface area contributed by atoms with Crippen molar-refractivity contribution in [2.75, 3.05) is 38.4 Å². The van der Waals surface area contributed by atoms with Crippen LogP contribution in [-0.2, 0) is 93.4 Å². The zero-order chi connectivity index (χ0) is 84.6. The van der Waals surface area contributed by atoms with Gasteiger partial charge in [-0.3, -0.25) is 49.8 Å². The number of carbonyl (C=O) groups is 6. The minimum Gasteiger partial charge on any atom is -0.444 e. The Bertz CT molecular complexity index is 5020. The Morgan fingerprint density at radius 2 is 0.847 bits per heavy atom. The quantitative estimate of drug-likeness (QED) is 0.0569. The number of anilines is 1. The molecule has 5 unspecified atom stereocenters. The SMILES string of the molecule is C1CCOC1.CC(=O)C1Cc2[nH]nc(-c3ccccc3)c2CN1C(=O)OC(C)(C)C.CC(=O)C1Cc2c(n[nH]c2C)CN1C(=O)OC(C)(C)C.CC(C)(C)OC(=O)N1Cc2c(-c3ccccc3)n[nH]c2CC1CO.O=C(Nc1cccc(Cl)c1)N1Cc2c(-c3ccccc3)n[nH]c2CC1CO.OCC1Cc2[nH]nc(-c3ccccc3)c2CN1. The van der Waals surface area contributed by atoms with Crippen LogP contribution in [0.15, 0.2) is 146 Å². The summed E-state index contributed by atoms with van der Waals surface area (Å²) in [6, 6.07) is 44.9. The molecule has 1 saturated heterocycles. The molecule has 626 valence electrons. The molecule has 29 nitrogen and oxygen atoms in total. The first-order valence-corrected chi connectivity index (χ1v) is 40.2. The fourth-order valence-electron chi connectivity index (χ4n) is 14.5. The van der Waals surface area contributed by atoms with Gasteiger partial charge in [0.1, 0.15) is 16.8 Å². The molecule has 0 radical (unpaired) electrons. The monoisotopic (exact) mass is 1630 g/mol. The lowest BCUT2D eigenvalue weighted by Crippen LogP contribution is -2.49. The van der Waals surface area contributed by atoms with E-state index in [1.807, 2.05) is 178 Å². The van der Waals surface area contributed by atoms with Gasteiger partial charge in [0.2, 0.25) is 0 Å². The van der Waals surface area contributed by atoms with E-state index in [-0.39, 0.29) is 55.5 Å². The molecule has 30 heteroatoms. The highest BCUT2D eigenvalue weighted by molar-refractivity contribution is 6.30. The smallest absolute Gasteiger partial charge is 0.411 e. The molecule has 118 heavy (non-hydrogen) atoms. The van der Waals surface area contributed by atoms with Crippen molar-refractivity contribution in [3.8, 4) is 45.0 Å². The van der Waals surface area contributed by atoms with E-state index in [1.54, 1.807) is 34.1 Å². The first kappa shape index (κ1) is 87.5. The van der Waals surface area contributed by atoms with Crippen LogP contribution in [0.1, 0.15) is 151 Å². The molecule has 5 aromatic heterocycles. The van der Waals surface area contributed by atoms with Crippen LogP contribution in [0.25, 0.3) is 45.0 Å². The van der Waals surface area contributed by atoms with Gasteiger partial charge in [-0.25, -0.2) is 19.2 Å². The Balaban J connectivity index is 0.000000143. The predicted molar refractivity (Wildman–Crippen MR) is 448 cm³/mol. The van der Waals surface area contributed by atoms with Crippen molar-refractivity contribution in [2.45, 2.75) is 208 Å². The number of nitrogens with one attached hydrogen (secondary N) is 7. The van der Waals surface area contributed by atoms with E-state index in [1.165, 1.54) is 42.1 Å². The summed E-state index contributed by atoms with van der Waals surface area (Å²) >= 11 is 5.99. The summed E-state index contributed by atoms with van der Waals surface area (Å²) in [5.74, 6) is -0.102. The number of amides is 5. The van der Waals surface area contributed by atoms with E-state index >= 15 is 0 Å². The number of aromatic nitrogens is 10. The highest BCUT2D eigenvalue weighted by Crippen LogP contribution is 2.37. The zero-order valence-corrected chi connectivity index (χ0v) is 69.8. The van der Waals surface area contributed by atoms with Crippen molar-refractivity contribution in [1.82, 2.24) is 75.9 Å². The normalized spacial score (nSPS) is 17.8. The molecule has 5 amide bonds. The second kappa shape index (κ2) is 39.3. The molecule has 6 aliphatic heterocycles. The van der Waals surface area contributed by atoms with Gasteiger partial charge in [-0.2, -0.15) is 25.5 Å². The minimum atomic E-state index is -0.614. The van der Waals surface area contributed by atoms with Crippen molar-refractivity contribution in [3.63, 3.8) is 0 Å². The molecule has 0 spiro atoms. The molecule has 0 saturated carbocycles. The van der Waals surface area contributed by atoms with Crippen LogP contribution in [0.4, 0.5) is 24.9 Å². The van der Waals surface area contributed by atoms with E-state index in [4.69, 9.17) is 35.7 Å². The number of hydrogen-bond donors (Lipinski definition) is 10. The van der Waals surface area contributed by atoms with Crippen LogP contribution < -0.4 is 10.6 Å². The lowest BCUT2D eigenvalue weighted by Gasteiger charge is -2.35. The highest BCUT2D eigenvalue weighted by atomic mass is 35.5. The van der Waals surface area contributed by atoms with Gasteiger partial charge in [-0.15, -0.1) is 0 Å². The lowest BCUT2D eigenvalue weighted by atomic mass is 9.95. The number of ketones is 2. The number of nitrogens with zero attached hydrogens (tertiary/aromatic N) is 9. The number of rotatable bonds is 10. The Morgan fingerprint density at radius 3 is 1.25 bits per heavy atom. The third-order valence-corrected chi connectivity index (χ3v) is 20.7. The van der Waals surface area contributed by atoms with Crippen LogP contribution >= 0.6 is 11.6 Å². The summed E-state index contributed by atoms with van der Waals surface area (Å²) in [7, 11) is 0. The first-order valence-electron chi connectivity index (χ1n) is 39.8. The molecular formula is C88H109ClN16O13. The number of aryl methyl sites for hydroxylation is 1. The molecule has 11 heterocycles. The number of aliphatic hydroxyl groups excluding tert-OH is 3. The highest BCUT2D eigenvalue weighted by Gasteiger charge is 2.41. The lowest BCUT2D eigenvalue weighted by molar-refractivity contribution is -0.123. The van der Waals surface area contributed by atoms with Gasteiger partial charge in [0.25, 0.3) is 0 Å². The molecule has 5 aromatic carbocycles. The van der Waals surface area contributed by atoms with Gasteiger partial charge in [-0.1, -0.05) is 139 Å². The fraction of sp³-hybridized carbons (Fsp3) is 0.420. The van der Waals surface area contributed by atoms with Crippen LogP contribution in [0.2, 0.25) is 5.02 Å². The van der Waals surface area contributed by atoms with Crippen LogP contribution in [0.3, 0.4) is 0 Å². The first-order chi connectivity index (χ1) is 56.4. The molecule has 0 aliphatic carbocycles. The number of urea groups is 1. The molecule has 10 N–H and O–H groups in total. The third-order valence-electron chi connectivity index (χ3n) is 20.4. The van der Waals surface area contributed by atoms with Gasteiger partial charge in [0, 0.05) is 147 Å². The van der Waals surface area contributed by atoms with Gasteiger partial charge in [0.15, 0.2) is 11.6 Å². The number of ether oxygens (including phenoxy) is 4. The molecule has 6 aliphatic rings. The average Bonchev–Trinajstić information content (AvgIpc) is 1.59. The Morgan fingerprint density at radius 1 is 0.458 bits per heavy atom. The van der Waals surface area contributed by atoms with Gasteiger partial charge >= 0.3 is 24.3 Å². The van der Waals surface area contributed by atoms with Crippen molar-refractivity contribution < 1.29 is 63.0 Å². The van der Waals surface area contributed by atoms with E-state index in [9.17, 15) is 39.0 Å². The molecule has 10 aromatic rings. The summed E-state index contributed by atoms with van der Waals surface area (Å²) in [4.78, 5) is 80.4. The Kier molecular flexibility index (Phi) is 29.1. The standard InChI is InChI=1S/C20H19ClN4O2.C19H23N3O3.C18H23N3O3.C14H21N3O3.C13H15N3O.C4H8O/c21-14-7-4-8-15(9-14)22-20(27)25-11-17-18(10-16(25)12-26)23-24-19(17)13-5-2-1-3-6-13;1-12(23)16-10-15-14(11-22(16)18(24)25-19(2,3)4)17(21-20-15)13-8-6-5-7-9-13;1-18(2,3)24-17(23)21-10-14-15(9-13(21)11-22)19-20-16(14)12-7-5-4-6-8-12;1-8-10-6-12(9(2)18)17(7-11(10)16-15-8)13(19)20-14(3,4)5;17-8-10-6-12-11(7-14-10)13(16-15-12)9-4-2-1-3-5-9;1-2-4-5-3-1/h1-9,16,26H,10-12H2,(H,22,27)(H,23,24);5-9,16H,10-11H2,1-4H3,(H,20,21);4-8,13,22H,9-11H2,1-3H3,(H,19,20);12H,6-7H2,1-5H3,(H,15,16);1-5,10,14,17H,6-8H2,(H,15,16);1-4H2. The number of hydrogen-bond acceptors (Lipinski definition) is 19. The van der Waals surface area contributed by atoms with Crippen molar-refractivity contribution in [2.24, 2.45) is 0 Å². The van der Waals surface area contributed by atoms with Gasteiger partial charge in [0.05, 0.1) is 98.6 Å². The Hall–Kier alpha value is -11.3. The number of benzene rings is 5. The molecule has 1 fully saturated rings. The van der Waals surface area contributed by atoms with Crippen molar-refractivity contribution in [3.05, 3.63) is 213 Å². The van der Waals surface area contributed by atoms with Gasteiger partial charge < -0.3 is 49.8 Å². The van der Waals surface area contributed by atoms with E-state index in [0.717, 1.165) is 128 Å². The Labute approximate surface area is 692 Å². The second-order valence-electron chi connectivity index (χ2n) is 32.8. The summed E-state index contributed by atoms with van der Waals surface area (Å²) in [6.45, 7) is 25.3. The number of halogens is 1. The maximum Gasteiger partial charge on any atom is 0.411 e. The van der Waals surface area contributed by atoms with Gasteiger partial charge in [-0.05, 0) is 114 Å². The number of aliphatic hydroxyl groups is 3. The predicted octanol–water partition coefficient (Wildman–Crippen LogP) is 13.6. The number of H-pyrrole nitrogens is 5. The second-order valence-corrected chi connectivity index (χ2v) is 33.2.